The van der Waals surface area contributed by atoms with Crippen LogP contribution in [0.5, 0.6) is 0 Å². The zero-order valence-electron chi connectivity index (χ0n) is 34.7. The SMILES string of the molecule is COC1(C)CC(O[C@H]2[C@H](C)[C@@H](OC3OC(C)CC(N(C)C)C3O)[C@](C)(O)C[C@@H](C)C(=O)[C@H](C)[C@@H](O)[C@](C)(O)[C@@H](CCCN=[N+]=[N-])OC(=O)[C@@H]2C)OC(C)C1O. The second-order valence-electron chi connectivity index (χ2n) is 17.2. The number of methoxy groups -OCH3 is 1. The van der Waals surface area contributed by atoms with E-state index in [9.17, 15) is 35.1 Å². The topological polar surface area (TPSA) is 243 Å². The molecule has 8 unspecified atom stereocenters. The van der Waals surface area contributed by atoms with Crippen LogP contribution < -0.4 is 0 Å². The Bertz CT molecular complexity index is 1330. The minimum Gasteiger partial charge on any atom is -0.459 e. The van der Waals surface area contributed by atoms with Gasteiger partial charge in [-0.25, -0.2) is 0 Å². The average molecular weight is 789 g/mol. The van der Waals surface area contributed by atoms with Crippen molar-refractivity contribution in [1.82, 2.24) is 4.90 Å². The molecule has 17 heteroatoms. The van der Waals surface area contributed by atoms with E-state index in [1.54, 1.807) is 34.6 Å². The molecule has 3 fully saturated rings. The van der Waals surface area contributed by atoms with E-state index in [1.165, 1.54) is 27.9 Å². The van der Waals surface area contributed by atoms with Gasteiger partial charge < -0.3 is 58.9 Å². The predicted octanol–water partition coefficient (Wildman–Crippen LogP) is 2.47. The van der Waals surface area contributed by atoms with Crippen molar-refractivity contribution in [2.75, 3.05) is 27.7 Å². The van der Waals surface area contributed by atoms with Gasteiger partial charge >= 0.3 is 5.97 Å². The van der Waals surface area contributed by atoms with Gasteiger partial charge in [0.2, 0.25) is 0 Å². The third-order valence-corrected chi connectivity index (χ3v) is 12.2. The van der Waals surface area contributed by atoms with Crippen molar-refractivity contribution in [1.29, 1.82) is 0 Å². The third kappa shape index (κ3) is 10.9. The Morgan fingerprint density at radius 2 is 1.58 bits per heavy atom. The number of azide groups is 1. The summed E-state index contributed by atoms with van der Waals surface area (Å²) in [5.41, 5.74) is 3.76. The standard InChI is InChI=1S/C38H68N4O13/c1-19-17-36(7,48)33(55-35-29(44)25(42(10)11)16-20(2)51-35)22(4)30(54-27-18-37(8,50-12)32(46)24(6)52-27)23(5)34(47)53-26(14-13-15-40-41-39)38(9,49)31(45)21(3)28(19)43/h19-27,29-33,35,44-46,48-49H,13-18H2,1-12H3/t19-,20?,21+,22+,23-,24?,25?,26-,27?,29?,30+,31-,32?,33-,35?,36-,37?,38-/m1/s1. The van der Waals surface area contributed by atoms with Gasteiger partial charge in [-0.15, -0.1) is 0 Å². The Labute approximate surface area is 325 Å². The smallest absolute Gasteiger partial charge is 0.311 e. The maximum Gasteiger partial charge on any atom is 0.311 e. The van der Waals surface area contributed by atoms with Crippen molar-refractivity contribution in [3.63, 3.8) is 0 Å². The molecule has 17 nitrogen and oxygen atoms in total. The fourth-order valence-corrected chi connectivity index (χ4v) is 8.66. The van der Waals surface area contributed by atoms with Crippen LogP contribution >= 0.6 is 0 Å². The van der Waals surface area contributed by atoms with Gasteiger partial charge in [-0.2, -0.15) is 0 Å². The van der Waals surface area contributed by atoms with Crippen LogP contribution in [0, 0.1) is 23.7 Å². The summed E-state index contributed by atoms with van der Waals surface area (Å²) in [7, 11) is 5.13. The molecule has 318 valence electrons. The molecule has 0 bridgehead atoms. The zero-order chi connectivity index (χ0) is 41.8. The molecule has 3 aliphatic heterocycles. The van der Waals surface area contributed by atoms with Crippen molar-refractivity contribution in [3.05, 3.63) is 10.4 Å². The number of hydrogen-bond donors (Lipinski definition) is 5. The molecule has 0 aromatic carbocycles. The number of carbonyl (C=O) groups excluding carboxylic acids is 2. The molecule has 0 aliphatic carbocycles. The summed E-state index contributed by atoms with van der Waals surface area (Å²) in [5.74, 6) is -5.39. The van der Waals surface area contributed by atoms with E-state index < -0.39 is 108 Å². The minimum atomic E-state index is -2.13. The van der Waals surface area contributed by atoms with Gasteiger partial charge in [0.15, 0.2) is 12.6 Å². The third-order valence-electron chi connectivity index (χ3n) is 12.2. The Morgan fingerprint density at radius 3 is 2.16 bits per heavy atom. The molecule has 18 atom stereocenters. The molecule has 0 aromatic heterocycles. The number of rotatable bonds is 10. The number of ketones is 1. The summed E-state index contributed by atoms with van der Waals surface area (Å²) in [6.07, 6.45) is -10.4. The van der Waals surface area contributed by atoms with Crippen LogP contribution in [0.4, 0.5) is 0 Å². The van der Waals surface area contributed by atoms with Crippen molar-refractivity contribution < 1.29 is 63.5 Å². The molecule has 0 saturated carbocycles. The lowest BCUT2D eigenvalue weighted by Gasteiger charge is -2.49. The number of aliphatic hydroxyl groups is 5. The first-order valence-electron chi connectivity index (χ1n) is 19.5. The van der Waals surface area contributed by atoms with Gasteiger partial charge in [0.05, 0.1) is 47.6 Å². The van der Waals surface area contributed by atoms with E-state index >= 15 is 0 Å². The molecule has 3 rings (SSSR count). The quantitative estimate of drug-likeness (QED) is 0.0703. The molecule has 55 heavy (non-hydrogen) atoms. The van der Waals surface area contributed by atoms with Crippen LogP contribution in [0.3, 0.4) is 0 Å². The highest BCUT2D eigenvalue weighted by molar-refractivity contribution is 5.83. The number of ether oxygens (including phenoxy) is 6. The highest BCUT2D eigenvalue weighted by atomic mass is 16.7. The summed E-state index contributed by atoms with van der Waals surface area (Å²) in [5, 5.41) is 61.8. The summed E-state index contributed by atoms with van der Waals surface area (Å²) in [6.45, 7) is 14.4. The molecule has 0 aromatic rings. The van der Waals surface area contributed by atoms with Gasteiger partial charge in [-0.1, -0.05) is 25.9 Å². The predicted molar refractivity (Wildman–Crippen MR) is 199 cm³/mol. The highest BCUT2D eigenvalue weighted by Gasteiger charge is 2.53. The van der Waals surface area contributed by atoms with Gasteiger partial charge in [0, 0.05) is 48.8 Å². The maximum atomic E-state index is 14.3. The largest absolute Gasteiger partial charge is 0.459 e. The van der Waals surface area contributed by atoms with Crippen LogP contribution in [0.1, 0.15) is 94.4 Å². The fourth-order valence-electron chi connectivity index (χ4n) is 8.66. The summed E-state index contributed by atoms with van der Waals surface area (Å²) in [4.78, 5) is 32.9. The number of aliphatic hydroxyl groups excluding tert-OH is 3. The number of likely N-dealkylation sites (N-methyl/N-ethyl adjacent to an activating group) is 1. The molecule has 0 amide bonds. The van der Waals surface area contributed by atoms with Gasteiger partial charge in [0.1, 0.15) is 29.7 Å². The number of Topliss-reactive ketones (excluding diaryl/α,β-unsaturated/α-hetero) is 1. The first-order chi connectivity index (χ1) is 25.4. The van der Waals surface area contributed by atoms with Crippen LogP contribution in [-0.4, -0.2) is 154 Å². The first kappa shape index (κ1) is 47.4. The second-order valence-corrected chi connectivity index (χ2v) is 17.2. The van der Waals surface area contributed by atoms with E-state index in [1.807, 2.05) is 25.9 Å². The number of cyclic esters (lactones) is 1. The van der Waals surface area contributed by atoms with Crippen LogP contribution in [0.15, 0.2) is 5.11 Å². The van der Waals surface area contributed by atoms with Crippen molar-refractivity contribution in [2.45, 2.75) is 179 Å². The summed E-state index contributed by atoms with van der Waals surface area (Å²) >= 11 is 0. The lowest BCUT2D eigenvalue weighted by Crippen LogP contribution is -2.61. The molecular weight excluding hydrogens is 720 g/mol. The van der Waals surface area contributed by atoms with Crippen molar-refractivity contribution in [3.8, 4) is 0 Å². The molecule has 3 saturated heterocycles. The molecule has 3 aliphatic rings. The normalized spacial score (nSPS) is 46.8. The van der Waals surface area contributed by atoms with Gasteiger partial charge in [-0.3, -0.25) is 9.59 Å². The Kier molecular flexibility index (Phi) is 16.5. The molecule has 0 spiro atoms. The van der Waals surface area contributed by atoms with Gasteiger partial charge in [-0.05, 0) is 86.9 Å². The Balaban J connectivity index is 2.20. The molecule has 5 N–H and O–H groups in total. The first-order valence-corrected chi connectivity index (χ1v) is 19.5. The lowest BCUT2D eigenvalue weighted by atomic mass is 9.74. The second kappa shape index (κ2) is 19.2. The Morgan fingerprint density at radius 1 is 0.945 bits per heavy atom. The van der Waals surface area contributed by atoms with Crippen molar-refractivity contribution >= 4 is 11.8 Å². The molecule has 3 heterocycles. The zero-order valence-corrected chi connectivity index (χ0v) is 34.7. The van der Waals surface area contributed by atoms with Crippen LogP contribution in [0.25, 0.3) is 10.4 Å². The summed E-state index contributed by atoms with van der Waals surface area (Å²) < 4.78 is 37.2. The lowest BCUT2D eigenvalue weighted by molar-refractivity contribution is -0.318. The summed E-state index contributed by atoms with van der Waals surface area (Å²) in [6, 6.07) is -0.352. The highest BCUT2D eigenvalue weighted by Crippen LogP contribution is 2.41. The number of carbonyl (C=O) groups is 2. The monoisotopic (exact) mass is 788 g/mol. The average Bonchev–Trinajstić information content (AvgIpc) is 3.11. The maximum absolute atomic E-state index is 14.3. The minimum absolute atomic E-state index is 0.0189. The van der Waals surface area contributed by atoms with E-state index in [0.29, 0.717) is 6.42 Å². The fraction of sp³-hybridized carbons (Fsp3) is 0.947. The van der Waals surface area contributed by atoms with Crippen LogP contribution in [0.2, 0.25) is 0 Å². The van der Waals surface area contributed by atoms with E-state index in [4.69, 9.17) is 34.0 Å². The number of nitrogens with zero attached hydrogens (tertiary/aromatic N) is 4. The van der Waals surface area contributed by atoms with Crippen LogP contribution in [-0.2, 0) is 38.0 Å². The van der Waals surface area contributed by atoms with E-state index in [2.05, 4.69) is 10.0 Å². The van der Waals surface area contributed by atoms with E-state index in [0.717, 1.165) is 0 Å². The molecule has 0 radical (unpaired) electrons. The Hall–Kier alpha value is -1.99. The van der Waals surface area contributed by atoms with Gasteiger partial charge in [0.25, 0.3) is 0 Å². The number of esters is 1. The van der Waals surface area contributed by atoms with Crippen molar-refractivity contribution in [2.24, 2.45) is 28.8 Å². The number of hydrogen-bond acceptors (Lipinski definition) is 15. The molecular formula is C38H68N4O13. The van der Waals surface area contributed by atoms with E-state index in [-0.39, 0.29) is 44.4 Å².